The lowest BCUT2D eigenvalue weighted by Gasteiger charge is -2.28. The van der Waals surface area contributed by atoms with Crippen molar-refractivity contribution in [3.05, 3.63) is 92.6 Å². The van der Waals surface area contributed by atoms with Crippen LogP contribution in [0.5, 0.6) is 0 Å². The molecule has 5 rings (SSSR count). The molecule has 3 heterocycles. The summed E-state index contributed by atoms with van der Waals surface area (Å²) in [4.78, 5) is 11.7. The van der Waals surface area contributed by atoms with Crippen LogP contribution in [0.3, 0.4) is 0 Å². The first-order valence-electron chi connectivity index (χ1n) is 12.0. The summed E-state index contributed by atoms with van der Waals surface area (Å²) in [6.07, 6.45) is 3.14. The Hall–Kier alpha value is -3.69. The second kappa shape index (κ2) is 11.4. The molecular formula is C27H29N7OS. The number of nitrogens with zero attached hydrogens (tertiary/aromatic N) is 6. The number of nitrogens with one attached hydrogen (secondary N) is 1. The van der Waals surface area contributed by atoms with Gasteiger partial charge in [-0.2, -0.15) is 10.1 Å². The maximum atomic E-state index is 5.52. The van der Waals surface area contributed by atoms with Crippen molar-refractivity contribution in [3.63, 3.8) is 0 Å². The highest BCUT2D eigenvalue weighted by Gasteiger charge is 2.16. The Kier molecular flexibility index (Phi) is 7.58. The molecule has 1 fully saturated rings. The minimum absolute atomic E-state index is 0.461. The summed E-state index contributed by atoms with van der Waals surface area (Å²) in [5.74, 6) is 1.32. The quantitative estimate of drug-likeness (QED) is 0.284. The van der Waals surface area contributed by atoms with E-state index < -0.39 is 0 Å². The van der Waals surface area contributed by atoms with E-state index in [1.54, 1.807) is 17.6 Å². The van der Waals surface area contributed by atoms with E-state index in [9.17, 15) is 0 Å². The number of hydrogen-bond acceptors (Lipinski definition) is 9. The average molecular weight is 500 g/mol. The molecule has 1 aliphatic heterocycles. The molecule has 0 saturated carbocycles. The van der Waals surface area contributed by atoms with Gasteiger partial charge in [0.2, 0.25) is 5.95 Å². The molecule has 1 saturated heterocycles. The highest BCUT2D eigenvalue weighted by Crippen LogP contribution is 2.21. The Morgan fingerprint density at radius 1 is 0.944 bits per heavy atom. The molecule has 36 heavy (non-hydrogen) atoms. The molecular weight excluding hydrogens is 470 g/mol. The Balaban J connectivity index is 1.34. The topological polar surface area (TPSA) is 88.4 Å². The summed E-state index contributed by atoms with van der Waals surface area (Å²) in [6.45, 7) is 7.13. The molecule has 0 spiro atoms. The average Bonchev–Trinajstić information content (AvgIpc) is 3.31. The van der Waals surface area contributed by atoms with Crippen molar-refractivity contribution >= 4 is 29.3 Å². The molecule has 0 bridgehead atoms. The lowest BCUT2D eigenvalue weighted by molar-refractivity contribution is 0.122. The van der Waals surface area contributed by atoms with Crippen LogP contribution in [-0.2, 0) is 17.6 Å². The van der Waals surface area contributed by atoms with E-state index in [1.807, 2.05) is 18.2 Å². The molecule has 0 atom stereocenters. The predicted octanol–water partition coefficient (Wildman–Crippen LogP) is 4.41. The molecule has 4 aromatic rings. The molecule has 184 valence electrons. The van der Waals surface area contributed by atoms with Crippen LogP contribution < -0.4 is 10.3 Å². The monoisotopic (exact) mass is 499 g/mol. The zero-order chi connectivity index (χ0) is 24.7. The number of aromatic nitrogens is 4. The van der Waals surface area contributed by atoms with Crippen molar-refractivity contribution < 1.29 is 4.74 Å². The molecule has 1 N–H and O–H groups in total. The normalized spacial score (nSPS) is 13.9. The number of rotatable bonds is 8. The van der Waals surface area contributed by atoms with Crippen LogP contribution in [0.1, 0.15) is 38.0 Å². The van der Waals surface area contributed by atoms with Crippen LogP contribution in [-0.4, -0.2) is 52.7 Å². The van der Waals surface area contributed by atoms with Crippen LogP contribution in [0.2, 0.25) is 0 Å². The first kappa shape index (κ1) is 24.0. The largest absolute Gasteiger partial charge is 0.378 e. The molecule has 9 heteroatoms. The SMILES string of the molecule is Cc1cccc(/C=N/Nc2nc(Cc3nnc(Cc4cccc(C)c4)s3)cc(N3CCOCC3)n2)c1. The van der Waals surface area contributed by atoms with Gasteiger partial charge in [-0.3, -0.25) is 0 Å². The third kappa shape index (κ3) is 6.50. The minimum Gasteiger partial charge on any atom is -0.378 e. The van der Waals surface area contributed by atoms with Crippen molar-refractivity contribution in [2.45, 2.75) is 26.7 Å². The highest BCUT2D eigenvalue weighted by atomic mass is 32.1. The Morgan fingerprint density at radius 3 is 2.47 bits per heavy atom. The maximum absolute atomic E-state index is 5.52. The van der Waals surface area contributed by atoms with Crippen molar-refractivity contribution in [1.29, 1.82) is 0 Å². The number of morpholine rings is 1. The van der Waals surface area contributed by atoms with Gasteiger partial charge >= 0.3 is 0 Å². The molecule has 0 amide bonds. The first-order chi connectivity index (χ1) is 17.6. The summed E-state index contributed by atoms with van der Waals surface area (Å²) in [5.41, 5.74) is 8.58. The van der Waals surface area contributed by atoms with Gasteiger partial charge in [0.05, 0.1) is 25.1 Å². The van der Waals surface area contributed by atoms with E-state index in [0.29, 0.717) is 25.6 Å². The summed E-state index contributed by atoms with van der Waals surface area (Å²) in [7, 11) is 0. The van der Waals surface area contributed by atoms with Gasteiger partial charge in [0.25, 0.3) is 0 Å². The van der Waals surface area contributed by atoms with Crippen molar-refractivity contribution in [1.82, 2.24) is 20.2 Å². The summed E-state index contributed by atoms with van der Waals surface area (Å²) < 4.78 is 5.52. The van der Waals surface area contributed by atoms with Gasteiger partial charge in [-0.05, 0) is 25.0 Å². The number of benzene rings is 2. The third-order valence-corrected chi connectivity index (χ3v) is 6.72. The zero-order valence-electron chi connectivity index (χ0n) is 20.5. The Bertz CT molecular complexity index is 1350. The van der Waals surface area contributed by atoms with E-state index in [-0.39, 0.29) is 0 Å². The van der Waals surface area contributed by atoms with Crippen LogP contribution in [0.25, 0.3) is 0 Å². The van der Waals surface area contributed by atoms with Gasteiger partial charge in [0.15, 0.2) is 0 Å². The number of ether oxygens (including phenoxy) is 1. The van der Waals surface area contributed by atoms with Crippen molar-refractivity contribution in [3.8, 4) is 0 Å². The summed E-state index contributed by atoms with van der Waals surface area (Å²) in [6, 6.07) is 18.7. The fraction of sp³-hybridized carbons (Fsp3) is 0.296. The molecule has 0 radical (unpaired) electrons. The van der Waals surface area contributed by atoms with Crippen molar-refractivity contribution in [2.24, 2.45) is 5.10 Å². The zero-order valence-corrected chi connectivity index (χ0v) is 21.3. The maximum Gasteiger partial charge on any atom is 0.245 e. The van der Waals surface area contributed by atoms with Crippen LogP contribution in [0.4, 0.5) is 11.8 Å². The van der Waals surface area contributed by atoms with Gasteiger partial charge in [-0.1, -0.05) is 59.7 Å². The molecule has 8 nitrogen and oxygen atoms in total. The Labute approximate surface area is 215 Å². The van der Waals surface area contributed by atoms with Gasteiger partial charge in [0, 0.05) is 32.0 Å². The van der Waals surface area contributed by atoms with Crippen molar-refractivity contribution in [2.75, 3.05) is 36.6 Å². The third-order valence-electron chi connectivity index (χ3n) is 5.80. The molecule has 0 unspecified atom stereocenters. The molecule has 0 aliphatic carbocycles. The van der Waals surface area contributed by atoms with E-state index in [4.69, 9.17) is 14.7 Å². The lowest BCUT2D eigenvalue weighted by Crippen LogP contribution is -2.37. The molecule has 1 aliphatic rings. The minimum atomic E-state index is 0.461. The van der Waals surface area contributed by atoms with Gasteiger partial charge < -0.3 is 9.64 Å². The number of hydrogen-bond donors (Lipinski definition) is 1. The second-order valence-corrected chi connectivity index (χ2v) is 10.0. The fourth-order valence-electron chi connectivity index (χ4n) is 4.08. The Morgan fingerprint density at radius 2 is 1.69 bits per heavy atom. The van der Waals surface area contributed by atoms with Crippen LogP contribution in [0, 0.1) is 13.8 Å². The van der Waals surface area contributed by atoms with E-state index in [2.05, 4.69) is 75.9 Å². The molecule has 2 aromatic carbocycles. The first-order valence-corrected chi connectivity index (χ1v) is 12.9. The van der Waals surface area contributed by atoms with E-state index >= 15 is 0 Å². The summed E-state index contributed by atoms with van der Waals surface area (Å²) >= 11 is 1.63. The predicted molar refractivity (Wildman–Crippen MR) is 144 cm³/mol. The standard InChI is InChI=1S/C27H29N7OS/c1-19-5-3-7-21(13-19)15-25-31-32-26(36-25)17-23-16-24(34-9-11-35-12-10-34)30-27(29-23)33-28-18-22-8-4-6-20(2)14-22/h3-8,13-14,16,18H,9-12,15,17H2,1-2H3,(H,29,30,33)/b28-18+. The van der Waals surface area contributed by atoms with E-state index in [0.717, 1.165) is 46.6 Å². The number of aryl methyl sites for hydroxylation is 2. The number of hydrazone groups is 1. The van der Waals surface area contributed by atoms with Gasteiger partial charge in [-0.15, -0.1) is 21.5 Å². The smallest absolute Gasteiger partial charge is 0.245 e. The van der Waals surface area contributed by atoms with E-state index in [1.165, 1.54) is 16.7 Å². The van der Waals surface area contributed by atoms with Gasteiger partial charge in [-0.25, -0.2) is 10.4 Å². The van der Waals surface area contributed by atoms with Gasteiger partial charge in [0.1, 0.15) is 15.8 Å². The fourth-order valence-corrected chi connectivity index (χ4v) is 4.97. The lowest BCUT2D eigenvalue weighted by atomic mass is 10.1. The molecule has 2 aromatic heterocycles. The summed E-state index contributed by atoms with van der Waals surface area (Å²) in [5, 5.41) is 15.2. The highest BCUT2D eigenvalue weighted by molar-refractivity contribution is 7.11. The second-order valence-electron chi connectivity index (χ2n) is 8.86. The van der Waals surface area contributed by atoms with Crippen LogP contribution >= 0.6 is 11.3 Å². The number of anilines is 2. The van der Waals surface area contributed by atoms with Crippen LogP contribution in [0.15, 0.2) is 59.7 Å².